The van der Waals surface area contributed by atoms with E-state index in [0.717, 1.165) is 16.7 Å². The van der Waals surface area contributed by atoms with E-state index >= 15 is 0 Å². The Kier molecular flexibility index (Phi) is 7.54. The average molecular weight is 377 g/mol. The lowest BCUT2D eigenvalue weighted by atomic mass is 9.99. The summed E-state index contributed by atoms with van der Waals surface area (Å²) in [6.07, 6.45) is 0.364. The van der Waals surface area contributed by atoms with Crippen LogP contribution >= 0.6 is 7.60 Å². The molecule has 0 fully saturated rings. The second-order valence-corrected chi connectivity index (χ2v) is 8.17. The van der Waals surface area contributed by atoms with Crippen molar-refractivity contribution in [3.8, 4) is 11.1 Å². The van der Waals surface area contributed by atoms with Crippen molar-refractivity contribution < 1.29 is 23.5 Å². The summed E-state index contributed by atoms with van der Waals surface area (Å²) in [7, 11) is -0.623. The van der Waals surface area contributed by atoms with E-state index in [9.17, 15) is 9.36 Å². The summed E-state index contributed by atoms with van der Waals surface area (Å²) in [6, 6.07) is 17.6. The molecule has 0 aromatic heterocycles. The Bertz CT molecular complexity index is 740. The predicted octanol–water partition coefficient (Wildman–Crippen LogP) is 3.77. The maximum Gasteiger partial charge on any atom is 0.343 e. The molecular weight excluding hydrogens is 353 g/mol. The predicted molar refractivity (Wildman–Crippen MR) is 101 cm³/mol. The lowest BCUT2D eigenvalue weighted by Crippen LogP contribution is -2.34. The fourth-order valence-electron chi connectivity index (χ4n) is 2.62. The molecule has 1 unspecified atom stereocenters. The van der Waals surface area contributed by atoms with Crippen molar-refractivity contribution in [2.75, 3.05) is 20.5 Å². The maximum atomic E-state index is 12.1. The number of benzene rings is 2. The maximum absolute atomic E-state index is 12.1. The molecule has 0 radical (unpaired) electrons. The lowest BCUT2D eigenvalue weighted by Gasteiger charge is -2.20. The van der Waals surface area contributed by atoms with Crippen molar-refractivity contribution in [2.45, 2.75) is 18.9 Å². The summed E-state index contributed by atoms with van der Waals surface area (Å²) in [4.78, 5) is 11.1. The van der Waals surface area contributed by atoms with E-state index in [1.165, 1.54) is 14.2 Å². The summed E-state index contributed by atoms with van der Waals surface area (Å²) in [6.45, 7) is 0. The Morgan fingerprint density at radius 3 is 2.15 bits per heavy atom. The van der Waals surface area contributed by atoms with E-state index in [1.54, 1.807) is 0 Å². The second kappa shape index (κ2) is 9.64. The molecule has 0 spiro atoms. The highest BCUT2D eigenvalue weighted by Crippen LogP contribution is 2.44. The van der Waals surface area contributed by atoms with Crippen LogP contribution in [-0.4, -0.2) is 37.6 Å². The zero-order chi connectivity index (χ0) is 19.0. The number of hydrogen-bond acceptors (Lipinski definition) is 5. The van der Waals surface area contributed by atoms with Gasteiger partial charge in [0.15, 0.2) is 0 Å². The van der Waals surface area contributed by atoms with Crippen molar-refractivity contribution in [1.82, 2.24) is 5.32 Å². The van der Waals surface area contributed by atoms with Gasteiger partial charge in [-0.05, 0) is 23.1 Å². The molecule has 140 valence electrons. The first-order valence-electron chi connectivity index (χ1n) is 8.26. The Morgan fingerprint density at radius 2 is 1.62 bits per heavy atom. The van der Waals surface area contributed by atoms with Gasteiger partial charge >= 0.3 is 13.6 Å². The summed E-state index contributed by atoms with van der Waals surface area (Å²) in [5.74, 6) is -0.923. The fraction of sp³-hybridized carbons (Fsp3) is 0.316. The third-order valence-electron chi connectivity index (χ3n) is 4.09. The van der Waals surface area contributed by atoms with Gasteiger partial charge < -0.3 is 19.5 Å². The molecule has 7 heteroatoms. The van der Waals surface area contributed by atoms with Crippen LogP contribution < -0.4 is 5.32 Å². The molecule has 2 aromatic rings. The topological polar surface area (TPSA) is 84.9 Å². The molecule has 0 aliphatic carbocycles. The Hall–Kier alpha value is -1.98. The van der Waals surface area contributed by atoms with Gasteiger partial charge in [-0.1, -0.05) is 54.6 Å². The fourth-order valence-corrected chi connectivity index (χ4v) is 3.51. The third kappa shape index (κ3) is 6.07. The Balaban J connectivity index is 2.05. The normalized spacial score (nSPS) is 12.7. The molecule has 2 rings (SSSR count). The molecular formula is C19H24NO5P. The Labute approximate surface area is 153 Å². The number of nitrogens with one attached hydrogen (secondary N) is 1. The molecule has 0 amide bonds. The summed E-state index contributed by atoms with van der Waals surface area (Å²) in [5.41, 5.74) is 3.22. The van der Waals surface area contributed by atoms with E-state index in [4.69, 9.17) is 14.2 Å². The molecule has 2 aromatic carbocycles. The van der Waals surface area contributed by atoms with E-state index in [1.807, 2.05) is 54.6 Å². The standard InChI is InChI=1S/C19H24NO5P/c1-24-26(23,25-2)14-20-18(13-19(21)22)12-15-8-10-17(11-9-15)16-6-4-3-5-7-16/h3-11,18,20H,12-14H2,1-2H3,(H,21,22). The number of rotatable bonds is 10. The molecule has 0 aliphatic rings. The van der Waals surface area contributed by atoms with Crippen molar-refractivity contribution in [2.24, 2.45) is 0 Å². The number of carboxylic acid groups (broad SMARTS) is 1. The highest BCUT2D eigenvalue weighted by molar-refractivity contribution is 7.53. The van der Waals surface area contributed by atoms with Gasteiger partial charge in [0, 0.05) is 20.3 Å². The van der Waals surface area contributed by atoms with Gasteiger partial charge in [0.25, 0.3) is 0 Å². The van der Waals surface area contributed by atoms with Crippen LogP contribution in [0.15, 0.2) is 54.6 Å². The van der Waals surface area contributed by atoms with Crippen molar-refractivity contribution >= 4 is 13.6 Å². The summed E-state index contributed by atoms with van der Waals surface area (Å²) < 4.78 is 21.9. The van der Waals surface area contributed by atoms with Gasteiger partial charge in [-0.2, -0.15) is 0 Å². The molecule has 26 heavy (non-hydrogen) atoms. The molecule has 1 atom stereocenters. The average Bonchev–Trinajstić information content (AvgIpc) is 2.67. The minimum atomic E-state index is -3.24. The first kappa shape index (κ1) is 20.3. The van der Waals surface area contributed by atoms with Crippen LogP contribution in [0.4, 0.5) is 0 Å². The molecule has 0 saturated heterocycles. The van der Waals surface area contributed by atoms with E-state index < -0.39 is 13.6 Å². The summed E-state index contributed by atoms with van der Waals surface area (Å²) in [5, 5.41) is 12.1. The molecule has 0 heterocycles. The molecule has 6 nitrogen and oxygen atoms in total. The van der Waals surface area contributed by atoms with Gasteiger partial charge in [0.1, 0.15) is 0 Å². The van der Waals surface area contributed by atoms with Crippen LogP contribution in [-0.2, 0) is 24.8 Å². The molecule has 2 N–H and O–H groups in total. The van der Waals surface area contributed by atoms with Gasteiger partial charge in [-0.3, -0.25) is 9.36 Å². The van der Waals surface area contributed by atoms with E-state index in [-0.39, 0.29) is 18.7 Å². The minimum Gasteiger partial charge on any atom is -0.481 e. The number of hydrogen-bond donors (Lipinski definition) is 2. The van der Waals surface area contributed by atoms with Gasteiger partial charge in [-0.15, -0.1) is 0 Å². The van der Waals surface area contributed by atoms with Gasteiger partial charge in [0.05, 0.1) is 12.7 Å². The van der Waals surface area contributed by atoms with Gasteiger partial charge in [0.2, 0.25) is 0 Å². The van der Waals surface area contributed by atoms with Crippen LogP contribution in [0, 0.1) is 0 Å². The minimum absolute atomic E-state index is 0.0416. The van der Waals surface area contributed by atoms with Crippen molar-refractivity contribution in [3.05, 3.63) is 60.2 Å². The van der Waals surface area contributed by atoms with Crippen LogP contribution in [0.3, 0.4) is 0 Å². The SMILES string of the molecule is COP(=O)(CNC(CC(=O)O)Cc1ccc(-c2ccccc2)cc1)OC. The lowest BCUT2D eigenvalue weighted by molar-refractivity contribution is -0.137. The third-order valence-corrected chi connectivity index (χ3v) is 5.78. The monoisotopic (exact) mass is 377 g/mol. The number of carbonyl (C=O) groups is 1. The Morgan fingerprint density at radius 1 is 1.04 bits per heavy atom. The largest absolute Gasteiger partial charge is 0.481 e. The zero-order valence-electron chi connectivity index (χ0n) is 14.9. The molecule has 0 saturated carbocycles. The number of carboxylic acids is 1. The highest BCUT2D eigenvalue weighted by atomic mass is 31.2. The van der Waals surface area contributed by atoms with E-state index in [2.05, 4.69) is 5.32 Å². The smallest absolute Gasteiger partial charge is 0.343 e. The zero-order valence-corrected chi connectivity index (χ0v) is 15.8. The van der Waals surface area contributed by atoms with Gasteiger partial charge in [-0.25, -0.2) is 0 Å². The van der Waals surface area contributed by atoms with Crippen LogP contribution in [0.5, 0.6) is 0 Å². The molecule has 0 bridgehead atoms. The summed E-state index contributed by atoms with van der Waals surface area (Å²) >= 11 is 0. The van der Waals surface area contributed by atoms with Crippen LogP contribution in [0.2, 0.25) is 0 Å². The highest BCUT2D eigenvalue weighted by Gasteiger charge is 2.23. The van der Waals surface area contributed by atoms with Crippen LogP contribution in [0.1, 0.15) is 12.0 Å². The van der Waals surface area contributed by atoms with Crippen LogP contribution in [0.25, 0.3) is 11.1 Å². The second-order valence-electron chi connectivity index (χ2n) is 5.90. The number of aliphatic carboxylic acids is 1. The molecule has 0 aliphatic heterocycles. The van der Waals surface area contributed by atoms with Crippen molar-refractivity contribution in [1.29, 1.82) is 0 Å². The van der Waals surface area contributed by atoms with E-state index in [0.29, 0.717) is 6.42 Å². The van der Waals surface area contributed by atoms with Crippen molar-refractivity contribution in [3.63, 3.8) is 0 Å². The quantitative estimate of drug-likeness (QED) is 0.613. The first-order valence-corrected chi connectivity index (χ1v) is 9.98. The first-order chi connectivity index (χ1) is 12.5.